The third-order valence-electron chi connectivity index (χ3n) is 3.40. The van der Waals surface area contributed by atoms with Crippen molar-refractivity contribution in [3.63, 3.8) is 0 Å². The SMILES string of the molecule is Cc1c(C(F)(F)F)ccc2c1N(C(=O)O)CCCC2. The van der Waals surface area contributed by atoms with Gasteiger partial charge in [0.1, 0.15) is 0 Å². The minimum Gasteiger partial charge on any atom is -0.465 e. The number of aryl methyl sites for hydroxylation is 1. The smallest absolute Gasteiger partial charge is 0.416 e. The van der Waals surface area contributed by atoms with Crippen LogP contribution in [-0.4, -0.2) is 17.7 Å². The Balaban J connectivity index is 2.63. The van der Waals surface area contributed by atoms with Crippen molar-refractivity contribution < 1.29 is 23.1 Å². The van der Waals surface area contributed by atoms with Crippen molar-refractivity contribution in [3.05, 3.63) is 28.8 Å². The van der Waals surface area contributed by atoms with E-state index in [4.69, 9.17) is 0 Å². The lowest BCUT2D eigenvalue weighted by atomic mass is 9.98. The van der Waals surface area contributed by atoms with E-state index < -0.39 is 17.8 Å². The van der Waals surface area contributed by atoms with E-state index in [1.807, 2.05) is 0 Å². The monoisotopic (exact) mass is 273 g/mol. The topological polar surface area (TPSA) is 40.5 Å². The van der Waals surface area contributed by atoms with Gasteiger partial charge in [-0.25, -0.2) is 4.79 Å². The van der Waals surface area contributed by atoms with Crippen LogP contribution in [0.15, 0.2) is 12.1 Å². The fourth-order valence-electron chi connectivity index (χ4n) is 2.53. The number of amides is 1. The molecule has 6 heteroatoms. The van der Waals surface area contributed by atoms with Crippen molar-refractivity contribution in [2.24, 2.45) is 0 Å². The summed E-state index contributed by atoms with van der Waals surface area (Å²) in [4.78, 5) is 12.3. The predicted molar refractivity (Wildman–Crippen MR) is 64.5 cm³/mol. The predicted octanol–water partition coefficient (Wildman–Crippen LogP) is 3.83. The largest absolute Gasteiger partial charge is 0.465 e. The molecule has 0 bridgehead atoms. The fraction of sp³-hybridized carbons (Fsp3) is 0.462. The van der Waals surface area contributed by atoms with Crippen LogP contribution in [-0.2, 0) is 12.6 Å². The number of hydrogen-bond acceptors (Lipinski definition) is 1. The molecule has 1 N–H and O–H groups in total. The molecule has 0 fully saturated rings. The Morgan fingerprint density at radius 2 is 2.00 bits per heavy atom. The van der Waals surface area contributed by atoms with Crippen molar-refractivity contribution in [1.82, 2.24) is 0 Å². The fourth-order valence-corrected chi connectivity index (χ4v) is 2.53. The molecule has 1 aromatic rings. The summed E-state index contributed by atoms with van der Waals surface area (Å²) in [5, 5.41) is 9.17. The normalized spacial score (nSPS) is 15.9. The summed E-state index contributed by atoms with van der Waals surface area (Å²) in [5.74, 6) is 0. The number of carboxylic acid groups (broad SMARTS) is 1. The van der Waals surface area contributed by atoms with Crippen LogP contribution in [0.4, 0.5) is 23.7 Å². The maximum Gasteiger partial charge on any atom is 0.416 e. The standard InChI is InChI=1S/C13H14F3NO2/c1-8-10(13(14,15)16)6-5-9-4-2-3-7-17(11(8)9)12(18)19/h5-6H,2-4,7H2,1H3,(H,18,19). The summed E-state index contributed by atoms with van der Waals surface area (Å²) in [6, 6.07) is 2.44. The van der Waals surface area contributed by atoms with Crippen molar-refractivity contribution in [2.75, 3.05) is 11.4 Å². The lowest BCUT2D eigenvalue weighted by Crippen LogP contribution is -2.31. The zero-order valence-electron chi connectivity index (χ0n) is 10.4. The third-order valence-corrected chi connectivity index (χ3v) is 3.40. The number of benzene rings is 1. The molecule has 0 saturated carbocycles. The molecule has 0 unspecified atom stereocenters. The second-order valence-corrected chi connectivity index (χ2v) is 4.63. The van der Waals surface area contributed by atoms with Crippen molar-refractivity contribution in [2.45, 2.75) is 32.4 Å². The minimum absolute atomic E-state index is 0.00528. The molecule has 0 saturated heterocycles. The molecule has 1 amide bonds. The summed E-state index contributed by atoms with van der Waals surface area (Å²) in [6.07, 6.45) is -3.62. The van der Waals surface area contributed by atoms with Gasteiger partial charge in [0, 0.05) is 6.54 Å². The Kier molecular flexibility index (Phi) is 3.43. The Hall–Kier alpha value is -1.72. The number of anilines is 1. The maximum atomic E-state index is 12.9. The van der Waals surface area contributed by atoms with E-state index in [-0.39, 0.29) is 17.8 Å². The number of fused-ring (bicyclic) bond motifs is 1. The van der Waals surface area contributed by atoms with Crippen LogP contribution in [0.2, 0.25) is 0 Å². The number of halogens is 3. The molecule has 1 heterocycles. The molecule has 19 heavy (non-hydrogen) atoms. The Labute approximate surface area is 108 Å². The summed E-state index contributed by atoms with van der Waals surface area (Å²) in [7, 11) is 0. The van der Waals surface area contributed by atoms with E-state index in [1.54, 1.807) is 0 Å². The first-order chi connectivity index (χ1) is 8.82. The molecule has 0 aliphatic carbocycles. The molecule has 1 aromatic carbocycles. The Morgan fingerprint density at radius 3 is 2.58 bits per heavy atom. The van der Waals surface area contributed by atoms with E-state index in [2.05, 4.69) is 0 Å². The quantitative estimate of drug-likeness (QED) is 0.780. The molecule has 104 valence electrons. The highest BCUT2D eigenvalue weighted by Crippen LogP contribution is 2.39. The molecular formula is C13H14F3NO2. The molecule has 0 spiro atoms. The van der Waals surface area contributed by atoms with Gasteiger partial charge < -0.3 is 5.11 Å². The van der Waals surface area contributed by atoms with Gasteiger partial charge in [-0.15, -0.1) is 0 Å². The van der Waals surface area contributed by atoms with E-state index in [9.17, 15) is 23.1 Å². The Morgan fingerprint density at radius 1 is 1.32 bits per heavy atom. The van der Waals surface area contributed by atoms with Crippen LogP contribution >= 0.6 is 0 Å². The maximum absolute atomic E-state index is 12.9. The van der Waals surface area contributed by atoms with Gasteiger partial charge in [-0.05, 0) is 43.4 Å². The zero-order chi connectivity index (χ0) is 14.2. The van der Waals surface area contributed by atoms with Crippen molar-refractivity contribution >= 4 is 11.8 Å². The second-order valence-electron chi connectivity index (χ2n) is 4.63. The van der Waals surface area contributed by atoms with Crippen LogP contribution < -0.4 is 4.90 Å². The van der Waals surface area contributed by atoms with E-state index in [1.165, 1.54) is 13.0 Å². The van der Waals surface area contributed by atoms with Crippen LogP contribution in [0.1, 0.15) is 29.5 Å². The number of rotatable bonds is 0. The van der Waals surface area contributed by atoms with Gasteiger partial charge in [-0.1, -0.05) is 6.07 Å². The second kappa shape index (κ2) is 4.75. The molecule has 3 nitrogen and oxygen atoms in total. The molecule has 0 radical (unpaired) electrons. The van der Waals surface area contributed by atoms with Gasteiger partial charge in [0.15, 0.2) is 0 Å². The van der Waals surface area contributed by atoms with Gasteiger partial charge in [0.25, 0.3) is 0 Å². The molecule has 2 rings (SSSR count). The number of nitrogens with zero attached hydrogens (tertiary/aromatic N) is 1. The summed E-state index contributed by atoms with van der Waals surface area (Å²) in [6.45, 7) is 1.58. The van der Waals surface area contributed by atoms with Gasteiger partial charge in [0.05, 0.1) is 11.3 Å². The molecule has 0 aromatic heterocycles. The van der Waals surface area contributed by atoms with Crippen molar-refractivity contribution in [1.29, 1.82) is 0 Å². The third kappa shape index (κ3) is 2.52. The van der Waals surface area contributed by atoms with Gasteiger partial charge in [-0.3, -0.25) is 4.90 Å². The van der Waals surface area contributed by atoms with Crippen molar-refractivity contribution in [3.8, 4) is 0 Å². The number of hydrogen-bond donors (Lipinski definition) is 1. The summed E-state index contributed by atoms with van der Waals surface area (Å²) < 4.78 is 38.6. The summed E-state index contributed by atoms with van der Waals surface area (Å²) >= 11 is 0. The molecule has 1 aliphatic rings. The average Bonchev–Trinajstić information content (AvgIpc) is 2.50. The van der Waals surface area contributed by atoms with Gasteiger partial charge >= 0.3 is 12.3 Å². The lowest BCUT2D eigenvalue weighted by molar-refractivity contribution is -0.138. The number of carbonyl (C=O) groups is 1. The average molecular weight is 273 g/mol. The Bertz CT molecular complexity index is 511. The highest BCUT2D eigenvalue weighted by molar-refractivity contribution is 5.89. The van der Waals surface area contributed by atoms with E-state index >= 15 is 0 Å². The van der Waals surface area contributed by atoms with E-state index in [0.29, 0.717) is 18.4 Å². The summed E-state index contributed by atoms with van der Waals surface area (Å²) in [5.41, 5.74) is 0.110. The lowest BCUT2D eigenvalue weighted by Gasteiger charge is -2.24. The van der Waals surface area contributed by atoms with Crippen LogP contribution in [0.5, 0.6) is 0 Å². The molecular weight excluding hydrogens is 259 g/mol. The first kappa shape index (κ1) is 13.7. The highest BCUT2D eigenvalue weighted by Gasteiger charge is 2.35. The minimum atomic E-state index is -4.46. The van der Waals surface area contributed by atoms with Crippen LogP contribution in [0, 0.1) is 6.92 Å². The van der Waals surface area contributed by atoms with Crippen LogP contribution in [0.3, 0.4) is 0 Å². The highest BCUT2D eigenvalue weighted by atomic mass is 19.4. The zero-order valence-corrected chi connectivity index (χ0v) is 10.4. The molecule has 0 atom stereocenters. The van der Waals surface area contributed by atoms with E-state index in [0.717, 1.165) is 17.4 Å². The number of alkyl halides is 3. The first-order valence-electron chi connectivity index (χ1n) is 6.02. The van der Waals surface area contributed by atoms with Gasteiger partial charge in [0.2, 0.25) is 0 Å². The van der Waals surface area contributed by atoms with Crippen LogP contribution in [0.25, 0.3) is 0 Å². The van der Waals surface area contributed by atoms with Gasteiger partial charge in [-0.2, -0.15) is 13.2 Å². The first-order valence-corrected chi connectivity index (χ1v) is 6.02. The molecule has 1 aliphatic heterocycles.